The number of carbonyl (C=O) groups is 1. The molecule has 2 bridgehead atoms. The van der Waals surface area contributed by atoms with Crippen molar-refractivity contribution in [3.63, 3.8) is 0 Å². The van der Waals surface area contributed by atoms with Crippen LogP contribution in [0.4, 0.5) is 0 Å². The highest BCUT2D eigenvalue weighted by atomic mass is 79.9. The monoisotopic (exact) mass is 561 g/mol. The molecule has 2 aromatic carbocycles. The fourth-order valence-electron chi connectivity index (χ4n) is 5.54. The van der Waals surface area contributed by atoms with Gasteiger partial charge in [-0.15, -0.1) is 0 Å². The zero-order valence-electron chi connectivity index (χ0n) is 18.6. The fourth-order valence-corrected chi connectivity index (χ4v) is 5.98. The van der Waals surface area contributed by atoms with Crippen molar-refractivity contribution in [3.8, 4) is 11.6 Å². The summed E-state index contributed by atoms with van der Waals surface area (Å²) in [7, 11) is 2.45. The molecule has 0 spiro atoms. The van der Waals surface area contributed by atoms with Gasteiger partial charge in [-0.25, -0.2) is 4.98 Å². The molecule has 0 radical (unpaired) electrons. The van der Waals surface area contributed by atoms with Crippen LogP contribution >= 0.6 is 27.5 Å². The van der Waals surface area contributed by atoms with Crippen LogP contribution in [0.15, 0.2) is 65.1 Å². The Labute approximate surface area is 214 Å². The van der Waals surface area contributed by atoms with Crippen molar-refractivity contribution >= 4 is 33.5 Å². The Morgan fingerprint density at radius 1 is 1.09 bits per heavy atom. The quantitative estimate of drug-likeness (QED) is 0.252. The number of aliphatic hydroxyl groups is 3. The van der Waals surface area contributed by atoms with Gasteiger partial charge < -0.3 is 29.5 Å². The molecular weight excluding hydrogens is 542 g/mol. The summed E-state index contributed by atoms with van der Waals surface area (Å²) in [6.07, 6.45) is 0. The van der Waals surface area contributed by atoms with Crippen LogP contribution in [0.2, 0.25) is 5.15 Å². The van der Waals surface area contributed by atoms with E-state index in [0.717, 1.165) is 11.6 Å². The first-order chi connectivity index (χ1) is 16.6. The number of fused-ring (bicyclic) bond motifs is 4. The number of ether oxygens (including phenoxy) is 3. The van der Waals surface area contributed by atoms with E-state index in [2.05, 4.69) is 20.9 Å². The highest BCUT2D eigenvalue weighted by molar-refractivity contribution is 9.10. The molecule has 1 aromatic heterocycles. The molecule has 10 heteroatoms. The van der Waals surface area contributed by atoms with Gasteiger partial charge in [-0.05, 0) is 17.7 Å². The number of esters is 1. The lowest BCUT2D eigenvalue weighted by molar-refractivity contribution is -0.341. The molecule has 1 aliphatic carbocycles. The second-order valence-electron chi connectivity index (χ2n) is 8.50. The molecule has 3 N–H and O–H groups in total. The maximum absolute atomic E-state index is 13.4. The molecule has 2 aliphatic rings. The van der Waals surface area contributed by atoms with Crippen LogP contribution in [0.3, 0.4) is 0 Å². The van der Waals surface area contributed by atoms with Gasteiger partial charge in [-0.1, -0.05) is 70.0 Å². The van der Waals surface area contributed by atoms with E-state index >= 15 is 0 Å². The first-order valence-corrected chi connectivity index (χ1v) is 11.8. The van der Waals surface area contributed by atoms with E-state index in [1.54, 1.807) is 54.6 Å². The number of nitrogens with zero attached hydrogens (tertiary/aromatic N) is 1. The molecule has 3 aromatic rings. The van der Waals surface area contributed by atoms with Gasteiger partial charge in [0.05, 0.1) is 25.7 Å². The van der Waals surface area contributed by atoms with Crippen molar-refractivity contribution in [1.82, 2.24) is 4.98 Å². The van der Waals surface area contributed by atoms with Gasteiger partial charge in [0.15, 0.2) is 11.2 Å². The molecule has 182 valence electrons. The largest absolute Gasteiger partial charge is 0.481 e. The maximum atomic E-state index is 13.4. The van der Waals surface area contributed by atoms with Crippen LogP contribution in [0.5, 0.6) is 11.6 Å². The number of pyridine rings is 1. The van der Waals surface area contributed by atoms with E-state index in [1.165, 1.54) is 13.2 Å². The molecule has 0 amide bonds. The van der Waals surface area contributed by atoms with Gasteiger partial charge in [-0.2, -0.15) is 0 Å². The number of methoxy groups -OCH3 is 2. The lowest BCUT2D eigenvalue weighted by atomic mass is 9.74. The molecule has 0 unspecified atom stereocenters. The summed E-state index contributed by atoms with van der Waals surface area (Å²) in [6, 6.07) is 16.7. The third-order valence-corrected chi connectivity index (χ3v) is 7.64. The second kappa shape index (κ2) is 8.18. The first kappa shape index (κ1) is 24.0. The van der Waals surface area contributed by atoms with Crippen LogP contribution in [0.1, 0.15) is 22.6 Å². The predicted octanol–water partition coefficient (Wildman–Crippen LogP) is 3.25. The van der Waals surface area contributed by atoms with Crippen molar-refractivity contribution in [1.29, 1.82) is 0 Å². The smallest absolute Gasteiger partial charge is 0.312 e. The molecule has 1 saturated carbocycles. The van der Waals surface area contributed by atoms with Gasteiger partial charge >= 0.3 is 5.97 Å². The Balaban J connectivity index is 1.96. The average molecular weight is 563 g/mol. The minimum absolute atomic E-state index is 0.00155. The average Bonchev–Trinajstić information content (AvgIpc) is 2.92. The minimum atomic E-state index is -3.05. The summed E-state index contributed by atoms with van der Waals surface area (Å²) in [4.78, 5) is 17.5. The predicted molar refractivity (Wildman–Crippen MR) is 128 cm³/mol. The number of hydrogen-bond acceptors (Lipinski definition) is 8. The molecule has 5 rings (SSSR count). The van der Waals surface area contributed by atoms with Crippen molar-refractivity contribution in [2.45, 2.75) is 22.9 Å². The van der Waals surface area contributed by atoms with Gasteiger partial charge in [-0.3, -0.25) is 4.79 Å². The zero-order valence-corrected chi connectivity index (χ0v) is 20.9. The van der Waals surface area contributed by atoms with Crippen LogP contribution in [0, 0.1) is 5.92 Å². The Kier molecular flexibility index (Phi) is 5.61. The van der Waals surface area contributed by atoms with Crippen LogP contribution in [0.25, 0.3) is 0 Å². The number of benzene rings is 2. The van der Waals surface area contributed by atoms with Crippen LogP contribution in [-0.2, 0) is 20.7 Å². The summed E-state index contributed by atoms with van der Waals surface area (Å²) in [5, 5.41) is 36.2. The Hall–Kier alpha value is -2.69. The lowest BCUT2D eigenvalue weighted by Crippen LogP contribution is -2.65. The lowest BCUT2D eigenvalue weighted by Gasteiger charge is -2.49. The molecule has 0 saturated heterocycles. The van der Waals surface area contributed by atoms with E-state index in [4.69, 9.17) is 25.8 Å². The summed E-state index contributed by atoms with van der Waals surface area (Å²) in [5.74, 6) is -6.79. The van der Waals surface area contributed by atoms with Gasteiger partial charge in [0, 0.05) is 16.1 Å². The van der Waals surface area contributed by atoms with E-state index < -0.39 is 34.8 Å². The van der Waals surface area contributed by atoms with Crippen molar-refractivity contribution < 1.29 is 34.3 Å². The Morgan fingerprint density at radius 2 is 1.74 bits per heavy atom. The SMILES string of the molecule is COC(=O)[C@@H]1[C@@H](c2ccccc2)[C@]2(c3ccc(Br)cc3)Oc3cc(Cl)nc(OC)c3[C@@]1(O)C2(O)O. The summed E-state index contributed by atoms with van der Waals surface area (Å²) < 4.78 is 17.6. The zero-order chi connectivity index (χ0) is 25.2. The number of carbonyl (C=O) groups excluding carboxylic acids is 1. The van der Waals surface area contributed by atoms with Crippen LogP contribution in [-0.4, -0.2) is 46.3 Å². The molecule has 1 aliphatic heterocycles. The van der Waals surface area contributed by atoms with E-state index in [0.29, 0.717) is 11.1 Å². The van der Waals surface area contributed by atoms with Crippen molar-refractivity contribution in [2.75, 3.05) is 14.2 Å². The summed E-state index contributed by atoms with van der Waals surface area (Å²) in [6.45, 7) is 0. The molecule has 35 heavy (non-hydrogen) atoms. The molecule has 4 atom stereocenters. The van der Waals surface area contributed by atoms with Crippen molar-refractivity contribution in [3.05, 3.63) is 87.0 Å². The summed E-state index contributed by atoms with van der Waals surface area (Å²) in [5.41, 5.74) is -4.12. The van der Waals surface area contributed by atoms with Gasteiger partial charge in [0.2, 0.25) is 11.7 Å². The van der Waals surface area contributed by atoms with E-state index in [9.17, 15) is 20.1 Å². The molecule has 2 heterocycles. The number of halogens is 2. The third-order valence-electron chi connectivity index (χ3n) is 6.92. The Bertz CT molecular complexity index is 1300. The first-order valence-electron chi connectivity index (χ1n) is 10.6. The number of rotatable bonds is 4. The third kappa shape index (κ3) is 3.02. The molecule has 1 fully saturated rings. The van der Waals surface area contributed by atoms with E-state index in [-0.39, 0.29) is 22.3 Å². The van der Waals surface area contributed by atoms with Crippen LogP contribution < -0.4 is 9.47 Å². The minimum Gasteiger partial charge on any atom is -0.481 e. The number of aromatic nitrogens is 1. The van der Waals surface area contributed by atoms with Gasteiger partial charge in [0.1, 0.15) is 16.8 Å². The highest BCUT2D eigenvalue weighted by Gasteiger charge is 2.84. The standard InChI is InChI=1S/C25H21BrClNO7/c1-33-21-19-16(12-17(27)28-21)35-24(14-8-10-15(26)11-9-14)18(13-6-4-3-5-7-13)20(22(29)34-2)23(19,30)25(24,31)32/h3-12,18,20,30-32H,1-2H3/t18-,20+,23+,24+/m1/s1. The van der Waals surface area contributed by atoms with Gasteiger partial charge in [0.25, 0.3) is 0 Å². The number of hydrogen-bond donors (Lipinski definition) is 3. The molecular formula is C25H21BrClNO7. The fraction of sp³-hybridized carbons (Fsp3) is 0.280. The Morgan fingerprint density at radius 3 is 2.34 bits per heavy atom. The normalized spacial score (nSPS) is 28.1. The molecule has 8 nitrogen and oxygen atoms in total. The van der Waals surface area contributed by atoms with Crippen molar-refractivity contribution in [2.24, 2.45) is 5.92 Å². The maximum Gasteiger partial charge on any atom is 0.312 e. The second-order valence-corrected chi connectivity index (χ2v) is 9.80. The summed E-state index contributed by atoms with van der Waals surface area (Å²) >= 11 is 9.60. The van der Waals surface area contributed by atoms with E-state index in [1.807, 2.05) is 0 Å². The highest BCUT2D eigenvalue weighted by Crippen LogP contribution is 2.71. The topological polar surface area (TPSA) is 118 Å².